The molecule has 1 aromatic rings. The first-order chi connectivity index (χ1) is 8.73. The molecule has 1 aliphatic rings. The molecule has 0 aliphatic carbocycles. The molecule has 0 unspecified atom stereocenters. The molecule has 1 N–H and O–H groups in total. The molecular weight excluding hydrogens is 244 g/mol. The molecule has 1 heterocycles. The SMILES string of the molecule is CC(=O)Oc1c(C)c(C)c2c(c1C)CC[C@@](C)(O)O2. The Hall–Kier alpha value is -1.55. The van der Waals surface area contributed by atoms with E-state index in [9.17, 15) is 9.90 Å². The quantitative estimate of drug-likeness (QED) is 0.625. The van der Waals surface area contributed by atoms with Gasteiger partial charge in [0.05, 0.1) is 0 Å². The Morgan fingerprint density at radius 2 is 1.89 bits per heavy atom. The van der Waals surface area contributed by atoms with Crippen molar-refractivity contribution >= 4 is 5.97 Å². The van der Waals surface area contributed by atoms with Crippen LogP contribution in [-0.4, -0.2) is 16.9 Å². The maximum atomic E-state index is 11.2. The van der Waals surface area contributed by atoms with Crippen LogP contribution >= 0.6 is 0 Å². The molecule has 0 spiro atoms. The fourth-order valence-corrected chi connectivity index (χ4v) is 2.52. The number of hydrogen-bond acceptors (Lipinski definition) is 4. The third-order valence-electron chi connectivity index (χ3n) is 3.72. The number of rotatable bonds is 1. The zero-order chi connectivity index (χ0) is 14.4. The van der Waals surface area contributed by atoms with Crippen molar-refractivity contribution in [1.82, 2.24) is 0 Å². The van der Waals surface area contributed by atoms with E-state index in [0.29, 0.717) is 18.6 Å². The highest BCUT2D eigenvalue weighted by molar-refractivity contribution is 5.72. The monoisotopic (exact) mass is 264 g/mol. The number of esters is 1. The van der Waals surface area contributed by atoms with Gasteiger partial charge in [0.15, 0.2) is 0 Å². The molecule has 4 heteroatoms. The molecular formula is C15H20O4. The number of hydrogen-bond donors (Lipinski definition) is 1. The molecule has 0 bridgehead atoms. The van der Waals surface area contributed by atoms with E-state index < -0.39 is 5.79 Å². The van der Waals surface area contributed by atoms with Crippen molar-refractivity contribution in [2.75, 3.05) is 0 Å². The van der Waals surface area contributed by atoms with Gasteiger partial charge in [0.1, 0.15) is 11.5 Å². The summed E-state index contributed by atoms with van der Waals surface area (Å²) in [4.78, 5) is 11.2. The average Bonchev–Trinajstić information content (AvgIpc) is 2.30. The van der Waals surface area contributed by atoms with Crippen LogP contribution in [0.15, 0.2) is 0 Å². The van der Waals surface area contributed by atoms with Crippen LogP contribution in [0.2, 0.25) is 0 Å². The van der Waals surface area contributed by atoms with E-state index in [-0.39, 0.29) is 5.97 Å². The largest absolute Gasteiger partial charge is 0.462 e. The number of fused-ring (bicyclic) bond motifs is 1. The van der Waals surface area contributed by atoms with E-state index in [0.717, 1.165) is 28.0 Å². The third kappa shape index (κ3) is 2.45. The molecule has 2 rings (SSSR count). The predicted octanol–water partition coefficient (Wildman–Crippen LogP) is 2.57. The zero-order valence-corrected chi connectivity index (χ0v) is 12.1. The standard InChI is InChI=1S/C15H20O4/c1-8-9(2)14-12(6-7-15(5,17)19-14)10(3)13(8)18-11(4)16/h17H,6-7H2,1-5H3/t15-/m0/s1. The lowest BCUT2D eigenvalue weighted by Gasteiger charge is -2.34. The van der Waals surface area contributed by atoms with Gasteiger partial charge in [-0.2, -0.15) is 0 Å². The molecule has 0 saturated carbocycles. The molecule has 1 aliphatic heterocycles. The number of carbonyl (C=O) groups excluding carboxylic acids is 1. The minimum absolute atomic E-state index is 0.325. The Kier molecular flexibility index (Phi) is 3.31. The first kappa shape index (κ1) is 13.9. The van der Waals surface area contributed by atoms with Gasteiger partial charge in [-0.25, -0.2) is 0 Å². The highest BCUT2D eigenvalue weighted by Crippen LogP contribution is 2.43. The second-order valence-electron chi connectivity index (χ2n) is 5.38. The van der Waals surface area contributed by atoms with Crippen LogP contribution in [-0.2, 0) is 11.2 Å². The molecule has 1 atom stereocenters. The minimum atomic E-state index is -1.13. The first-order valence-corrected chi connectivity index (χ1v) is 6.45. The molecule has 4 nitrogen and oxygen atoms in total. The average molecular weight is 264 g/mol. The van der Waals surface area contributed by atoms with Gasteiger partial charge in [0, 0.05) is 25.8 Å². The Morgan fingerprint density at radius 1 is 1.26 bits per heavy atom. The molecule has 104 valence electrons. The van der Waals surface area contributed by atoms with Crippen LogP contribution in [0.25, 0.3) is 0 Å². The van der Waals surface area contributed by atoms with Crippen LogP contribution in [0.1, 0.15) is 42.5 Å². The number of ether oxygens (including phenoxy) is 2. The van der Waals surface area contributed by atoms with E-state index in [1.165, 1.54) is 6.92 Å². The summed E-state index contributed by atoms with van der Waals surface area (Å²) in [5, 5.41) is 10.0. The summed E-state index contributed by atoms with van der Waals surface area (Å²) >= 11 is 0. The van der Waals surface area contributed by atoms with Crippen molar-refractivity contribution in [1.29, 1.82) is 0 Å². The van der Waals surface area contributed by atoms with Crippen LogP contribution in [0.5, 0.6) is 11.5 Å². The summed E-state index contributed by atoms with van der Waals surface area (Å²) < 4.78 is 11.0. The van der Waals surface area contributed by atoms with Crippen molar-refractivity contribution in [2.24, 2.45) is 0 Å². The summed E-state index contributed by atoms with van der Waals surface area (Å²) in [6, 6.07) is 0. The third-order valence-corrected chi connectivity index (χ3v) is 3.72. The lowest BCUT2D eigenvalue weighted by atomic mass is 9.91. The van der Waals surface area contributed by atoms with Gasteiger partial charge in [-0.3, -0.25) is 4.79 Å². The van der Waals surface area contributed by atoms with Gasteiger partial charge < -0.3 is 14.6 Å². The summed E-state index contributed by atoms with van der Waals surface area (Å²) in [5.74, 6) is -0.107. The predicted molar refractivity (Wildman–Crippen MR) is 71.5 cm³/mol. The van der Waals surface area contributed by atoms with E-state index in [2.05, 4.69) is 0 Å². The van der Waals surface area contributed by atoms with Crippen LogP contribution in [0.3, 0.4) is 0 Å². The molecule has 0 fully saturated rings. The highest BCUT2D eigenvalue weighted by Gasteiger charge is 2.32. The topological polar surface area (TPSA) is 55.8 Å². The lowest BCUT2D eigenvalue weighted by molar-refractivity contribution is -0.135. The summed E-state index contributed by atoms with van der Waals surface area (Å²) in [7, 11) is 0. The lowest BCUT2D eigenvalue weighted by Crippen LogP contribution is -2.36. The molecule has 0 saturated heterocycles. The maximum absolute atomic E-state index is 11.2. The van der Waals surface area contributed by atoms with Crippen LogP contribution < -0.4 is 9.47 Å². The van der Waals surface area contributed by atoms with Gasteiger partial charge in [-0.1, -0.05) is 0 Å². The number of benzene rings is 1. The fraction of sp³-hybridized carbons (Fsp3) is 0.533. The highest BCUT2D eigenvalue weighted by atomic mass is 16.6. The first-order valence-electron chi connectivity index (χ1n) is 6.45. The van der Waals surface area contributed by atoms with Gasteiger partial charge in [-0.15, -0.1) is 0 Å². The Morgan fingerprint density at radius 3 is 2.47 bits per heavy atom. The fourth-order valence-electron chi connectivity index (χ4n) is 2.52. The van der Waals surface area contributed by atoms with Crippen molar-refractivity contribution < 1.29 is 19.4 Å². The second-order valence-corrected chi connectivity index (χ2v) is 5.38. The van der Waals surface area contributed by atoms with E-state index >= 15 is 0 Å². The summed E-state index contributed by atoms with van der Waals surface area (Å²) in [5.41, 5.74) is 3.73. The van der Waals surface area contributed by atoms with E-state index in [4.69, 9.17) is 9.47 Å². The van der Waals surface area contributed by atoms with Gasteiger partial charge >= 0.3 is 5.97 Å². The smallest absolute Gasteiger partial charge is 0.308 e. The Balaban J connectivity index is 2.60. The van der Waals surface area contributed by atoms with E-state index in [1.54, 1.807) is 6.92 Å². The number of aliphatic hydroxyl groups is 1. The van der Waals surface area contributed by atoms with E-state index in [1.807, 2.05) is 20.8 Å². The minimum Gasteiger partial charge on any atom is -0.462 e. The Labute approximate surface area is 113 Å². The maximum Gasteiger partial charge on any atom is 0.308 e. The molecule has 19 heavy (non-hydrogen) atoms. The summed E-state index contributed by atoms with van der Waals surface area (Å²) in [6.45, 7) is 8.80. The van der Waals surface area contributed by atoms with Gasteiger partial charge in [-0.05, 0) is 43.9 Å². The molecule has 1 aromatic carbocycles. The zero-order valence-electron chi connectivity index (χ0n) is 12.1. The second kappa shape index (κ2) is 4.53. The Bertz CT molecular complexity index is 544. The van der Waals surface area contributed by atoms with Crippen molar-refractivity contribution in [3.63, 3.8) is 0 Å². The molecule has 0 amide bonds. The van der Waals surface area contributed by atoms with Crippen LogP contribution in [0, 0.1) is 20.8 Å². The summed E-state index contributed by atoms with van der Waals surface area (Å²) in [6.07, 6.45) is 1.24. The van der Waals surface area contributed by atoms with Gasteiger partial charge in [0.25, 0.3) is 0 Å². The van der Waals surface area contributed by atoms with Crippen molar-refractivity contribution in [3.05, 3.63) is 22.3 Å². The van der Waals surface area contributed by atoms with Gasteiger partial charge in [0.2, 0.25) is 5.79 Å². The number of carbonyl (C=O) groups is 1. The van der Waals surface area contributed by atoms with Crippen molar-refractivity contribution in [3.8, 4) is 11.5 Å². The van der Waals surface area contributed by atoms with Crippen molar-refractivity contribution in [2.45, 2.75) is 53.2 Å². The normalized spacial score (nSPS) is 21.6. The molecule has 0 radical (unpaired) electrons. The van der Waals surface area contributed by atoms with Crippen LogP contribution in [0.4, 0.5) is 0 Å². The molecule has 0 aromatic heterocycles.